The van der Waals surface area contributed by atoms with Crippen molar-refractivity contribution in [3.63, 3.8) is 0 Å². The number of H-pyrrole nitrogens is 2. The third-order valence-electron chi connectivity index (χ3n) is 4.90. The van der Waals surface area contributed by atoms with Gasteiger partial charge in [0.15, 0.2) is 5.13 Å². The van der Waals surface area contributed by atoms with Crippen LogP contribution in [0.5, 0.6) is 0 Å². The van der Waals surface area contributed by atoms with Gasteiger partial charge in [-0.1, -0.05) is 23.5 Å². The van der Waals surface area contributed by atoms with Crippen molar-refractivity contribution >= 4 is 32.6 Å². The highest BCUT2D eigenvalue weighted by molar-refractivity contribution is 7.22. The number of likely N-dealkylation sites (tertiary alicyclic amines) is 1. The first kappa shape index (κ1) is 17.9. The maximum Gasteiger partial charge on any atom is 0.340 e. The second-order valence-electron chi connectivity index (χ2n) is 6.74. The number of nitrogens with zero attached hydrogens (tertiary/aromatic N) is 4. The molecule has 1 atom stereocenters. The van der Waals surface area contributed by atoms with Gasteiger partial charge in [-0.2, -0.15) is 5.10 Å². The number of hydrogen-bond acceptors (Lipinski definition) is 6. The average molecular weight is 386 g/mol. The van der Waals surface area contributed by atoms with E-state index in [-0.39, 0.29) is 17.5 Å². The molecule has 2 N–H and O–H groups in total. The number of carbonyl (C=O) groups excluding carboxylic acids is 1. The first-order valence-electron chi connectivity index (χ1n) is 9.17. The molecule has 27 heavy (non-hydrogen) atoms. The summed E-state index contributed by atoms with van der Waals surface area (Å²) in [5.41, 5.74) is 0.635. The molecule has 1 unspecified atom stereocenters. The number of nitrogens with one attached hydrogen (secondary N) is 2. The number of likely N-dealkylation sites (N-methyl/N-ethyl adjacent to an activating group) is 1. The molecule has 3 aromatic rings. The van der Waals surface area contributed by atoms with Crippen LogP contribution in [0.25, 0.3) is 10.2 Å². The van der Waals surface area contributed by atoms with Gasteiger partial charge in [-0.25, -0.2) is 14.9 Å². The Labute approximate surface area is 160 Å². The average Bonchev–Trinajstić information content (AvgIpc) is 3.28. The zero-order chi connectivity index (χ0) is 18.8. The van der Waals surface area contributed by atoms with Gasteiger partial charge in [0.1, 0.15) is 5.82 Å². The van der Waals surface area contributed by atoms with Crippen molar-refractivity contribution in [3.8, 4) is 0 Å². The number of amides is 1. The molecule has 4 rings (SSSR count). The van der Waals surface area contributed by atoms with E-state index in [0.717, 1.165) is 34.7 Å². The van der Waals surface area contributed by atoms with Crippen molar-refractivity contribution in [3.05, 3.63) is 40.6 Å². The first-order chi connectivity index (χ1) is 13.1. The molecular weight excluding hydrogens is 364 g/mol. The molecule has 0 aliphatic carbocycles. The van der Waals surface area contributed by atoms with Crippen LogP contribution in [0.3, 0.4) is 0 Å². The largest absolute Gasteiger partial charge is 0.340 e. The minimum atomic E-state index is -0.286. The summed E-state index contributed by atoms with van der Waals surface area (Å²) in [7, 11) is 0. The van der Waals surface area contributed by atoms with Crippen LogP contribution in [0.1, 0.15) is 31.5 Å². The molecule has 0 saturated carbocycles. The Bertz CT molecular complexity index is 960. The highest BCUT2D eigenvalue weighted by Crippen LogP contribution is 2.29. The predicted octanol–water partition coefficient (Wildman–Crippen LogP) is 1.94. The molecule has 9 heteroatoms. The van der Waals surface area contributed by atoms with Gasteiger partial charge in [-0.3, -0.25) is 19.6 Å². The summed E-state index contributed by atoms with van der Waals surface area (Å²) in [5.74, 6) is 0.867. The van der Waals surface area contributed by atoms with Crippen molar-refractivity contribution in [2.24, 2.45) is 0 Å². The van der Waals surface area contributed by atoms with Crippen molar-refractivity contribution in [2.75, 3.05) is 31.1 Å². The third kappa shape index (κ3) is 3.79. The van der Waals surface area contributed by atoms with Crippen LogP contribution in [0, 0.1) is 0 Å². The number of aromatic amines is 2. The van der Waals surface area contributed by atoms with E-state index in [2.05, 4.69) is 25.1 Å². The number of rotatable bonds is 5. The molecule has 0 radical (unpaired) electrons. The Morgan fingerprint density at radius 3 is 3.00 bits per heavy atom. The van der Waals surface area contributed by atoms with Crippen molar-refractivity contribution in [1.82, 2.24) is 25.1 Å². The van der Waals surface area contributed by atoms with Gasteiger partial charge in [0.2, 0.25) is 5.91 Å². The fraction of sp³-hybridized carbons (Fsp3) is 0.444. The molecule has 0 spiro atoms. The maximum atomic E-state index is 12.9. The van der Waals surface area contributed by atoms with Gasteiger partial charge >= 0.3 is 5.69 Å². The van der Waals surface area contributed by atoms with E-state index in [4.69, 9.17) is 0 Å². The standard InChI is InChI=1S/C18H22N6O2S/c1-2-24(18-19-13-7-3-4-8-14(13)27-18)15(25)11-23-9-5-6-12(10-23)16-20-17(26)22-21-16/h3-4,7-8,12H,2,5-6,9-11H2,1H3,(H2,20,21,22,26). The van der Waals surface area contributed by atoms with Crippen LogP contribution >= 0.6 is 11.3 Å². The smallest absolute Gasteiger partial charge is 0.294 e. The summed E-state index contributed by atoms with van der Waals surface area (Å²) >= 11 is 1.54. The Morgan fingerprint density at radius 1 is 1.41 bits per heavy atom. The van der Waals surface area contributed by atoms with E-state index in [1.54, 1.807) is 16.2 Å². The molecule has 142 valence electrons. The van der Waals surface area contributed by atoms with Gasteiger partial charge in [0.05, 0.1) is 16.8 Å². The molecule has 1 aliphatic heterocycles. The lowest BCUT2D eigenvalue weighted by Crippen LogP contribution is -2.44. The van der Waals surface area contributed by atoms with Gasteiger partial charge in [0, 0.05) is 19.0 Å². The number of aromatic nitrogens is 4. The number of fused-ring (bicyclic) bond motifs is 1. The quantitative estimate of drug-likeness (QED) is 0.698. The van der Waals surface area contributed by atoms with Crippen molar-refractivity contribution in [2.45, 2.75) is 25.7 Å². The minimum Gasteiger partial charge on any atom is -0.294 e. The van der Waals surface area contributed by atoms with Gasteiger partial charge < -0.3 is 0 Å². The minimum absolute atomic E-state index is 0.0488. The van der Waals surface area contributed by atoms with E-state index < -0.39 is 0 Å². The first-order valence-corrected chi connectivity index (χ1v) is 9.98. The summed E-state index contributed by atoms with van der Waals surface area (Å²) in [5, 5.41) is 7.22. The maximum absolute atomic E-state index is 12.9. The molecule has 1 fully saturated rings. The summed E-state index contributed by atoms with van der Waals surface area (Å²) in [6.45, 7) is 4.48. The van der Waals surface area contributed by atoms with E-state index in [1.165, 1.54) is 0 Å². The van der Waals surface area contributed by atoms with Crippen LogP contribution < -0.4 is 10.6 Å². The van der Waals surface area contributed by atoms with Crippen LogP contribution in [0.4, 0.5) is 5.13 Å². The lowest BCUT2D eigenvalue weighted by atomic mass is 9.97. The SMILES string of the molecule is CCN(C(=O)CN1CCCC(c2n[nH]c(=O)[nH]2)C1)c1nc2ccccc2s1. The second-order valence-corrected chi connectivity index (χ2v) is 7.75. The van der Waals surface area contributed by atoms with Gasteiger partial charge in [-0.15, -0.1) is 0 Å². The molecule has 8 nitrogen and oxygen atoms in total. The predicted molar refractivity (Wildman–Crippen MR) is 105 cm³/mol. The molecule has 1 aromatic carbocycles. The Balaban J connectivity index is 1.45. The Morgan fingerprint density at radius 2 is 2.26 bits per heavy atom. The summed E-state index contributed by atoms with van der Waals surface area (Å²) < 4.78 is 1.08. The molecular formula is C18H22N6O2S. The molecule has 2 aromatic heterocycles. The van der Waals surface area contributed by atoms with Crippen molar-refractivity contribution in [1.29, 1.82) is 0 Å². The molecule has 1 amide bonds. The zero-order valence-electron chi connectivity index (χ0n) is 15.1. The molecule has 3 heterocycles. The molecule has 1 saturated heterocycles. The van der Waals surface area contributed by atoms with E-state index in [9.17, 15) is 9.59 Å². The normalized spacial score (nSPS) is 18.0. The lowest BCUT2D eigenvalue weighted by Gasteiger charge is -2.32. The number of anilines is 1. The zero-order valence-corrected chi connectivity index (χ0v) is 16.0. The number of thiazole rings is 1. The number of benzene rings is 1. The van der Waals surface area contributed by atoms with Crippen LogP contribution in [-0.4, -0.2) is 57.2 Å². The Kier molecular flexibility index (Phi) is 5.04. The monoisotopic (exact) mass is 386 g/mol. The van der Waals surface area contributed by atoms with Crippen LogP contribution in [0.15, 0.2) is 29.1 Å². The van der Waals surface area contributed by atoms with E-state index in [1.807, 2.05) is 31.2 Å². The van der Waals surface area contributed by atoms with Crippen LogP contribution in [0.2, 0.25) is 0 Å². The van der Waals surface area contributed by atoms with Crippen molar-refractivity contribution < 1.29 is 4.79 Å². The third-order valence-corrected chi connectivity index (χ3v) is 5.96. The second kappa shape index (κ2) is 7.61. The number of carbonyl (C=O) groups is 1. The summed E-state index contributed by atoms with van der Waals surface area (Å²) in [6, 6.07) is 7.93. The summed E-state index contributed by atoms with van der Waals surface area (Å²) in [6.07, 6.45) is 1.93. The number of hydrogen-bond donors (Lipinski definition) is 2. The summed E-state index contributed by atoms with van der Waals surface area (Å²) in [4.78, 5) is 35.5. The fourth-order valence-electron chi connectivity index (χ4n) is 3.57. The van der Waals surface area contributed by atoms with Gasteiger partial charge in [0.25, 0.3) is 0 Å². The highest BCUT2D eigenvalue weighted by Gasteiger charge is 2.27. The number of piperidine rings is 1. The van der Waals surface area contributed by atoms with E-state index in [0.29, 0.717) is 25.5 Å². The van der Waals surface area contributed by atoms with E-state index >= 15 is 0 Å². The topological polar surface area (TPSA) is 98.0 Å². The fourth-order valence-corrected chi connectivity index (χ4v) is 4.62. The Hall–Kier alpha value is -2.52. The lowest BCUT2D eigenvalue weighted by molar-refractivity contribution is -0.120. The van der Waals surface area contributed by atoms with Crippen LogP contribution in [-0.2, 0) is 4.79 Å². The van der Waals surface area contributed by atoms with Gasteiger partial charge in [-0.05, 0) is 38.4 Å². The number of para-hydroxylation sites is 1. The molecule has 1 aliphatic rings. The highest BCUT2D eigenvalue weighted by atomic mass is 32.1. The molecule has 0 bridgehead atoms.